The van der Waals surface area contributed by atoms with Gasteiger partial charge in [0.25, 0.3) is 0 Å². The molecule has 0 saturated heterocycles. The minimum atomic E-state index is -0.662. The quantitative estimate of drug-likeness (QED) is 0.579. The van der Waals surface area contributed by atoms with Gasteiger partial charge in [-0.05, 0) is 25.7 Å². The van der Waals surface area contributed by atoms with Gasteiger partial charge in [0, 0.05) is 0 Å². The van der Waals surface area contributed by atoms with Crippen molar-refractivity contribution in [3.8, 4) is 0 Å². The van der Waals surface area contributed by atoms with Crippen molar-refractivity contribution in [2.75, 3.05) is 6.54 Å². The predicted molar refractivity (Wildman–Crippen MR) is 72.2 cm³/mol. The minimum Gasteiger partial charge on any atom is -0.444 e. The number of nitro groups is 1. The van der Waals surface area contributed by atoms with Gasteiger partial charge in [-0.3, -0.25) is 4.84 Å². The highest BCUT2D eigenvalue weighted by atomic mass is 16.6. The Morgan fingerprint density at radius 3 is 2.81 bits per heavy atom. The van der Waals surface area contributed by atoms with Gasteiger partial charge in [-0.2, -0.15) is 0 Å². The van der Waals surface area contributed by atoms with Crippen LogP contribution in [-0.2, 0) is 16.1 Å². The summed E-state index contributed by atoms with van der Waals surface area (Å²) in [5.74, 6) is 4.81. The maximum atomic E-state index is 11.5. The van der Waals surface area contributed by atoms with Crippen LogP contribution in [0.4, 0.5) is 10.7 Å². The molecule has 0 fully saturated rings. The van der Waals surface area contributed by atoms with Crippen molar-refractivity contribution >= 4 is 12.0 Å². The molecule has 0 saturated carbocycles. The second-order valence-corrected chi connectivity index (χ2v) is 5.28. The topological polar surface area (TPSA) is 135 Å². The van der Waals surface area contributed by atoms with E-state index >= 15 is 0 Å². The third kappa shape index (κ3) is 5.75. The molecule has 1 amide bonds. The number of rotatable bonds is 6. The van der Waals surface area contributed by atoms with E-state index < -0.39 is 22.7 Å². The molecule has 10 heteroatoms. The first-order valence-electron chi connectivity index (χ1n) is 6.21. The maximum Gasteiger partial charge on any atom is 0.434 e. The number of carbonyl (C=O) groups is 1. The molecular weight excluding hydrogens is 282 g/mol. The Kier molecular flexibility index (Phi) is 5.61. The first kappa shape index (κ1) is 16.9. The molecule has 0 bridgehead atoms. The summed E-state index contributed by atoms with van der Waals surface area (Å²) in [6.07, 6.45) is 1.44. The summed E-state index contributed by atoms with van der Waals surface area (Å²) < 4.78 is 6.33. The van der Waals surface area contributed by atoms with Crippen molar-refractivity contribution in [1.82, 2.24) is 14.9 Å². The van der Waals surface area contributed by atoms with Crippen LogP contribution in [0.3, 0.4) is 0 Å². The standard InChI is InChI=1S/C11H19N5O5/c1-11(2,3)20-10(17)14-6-8(21-12)7-15-5-4-13-9(15)16(18)19/h4-5,8H,6-7,12H2,1-3H3,(H,14,17). The number of aromatic nitrogens is 2. The van der Waals surface area contributed by atoms with E-state index in [0.717, 1.165) is 0 Å². The van der Waals surface area contributed by atoms with Gasteiger partial charge >= 0.3 is 12.0 Å². The van der Waals surface area contributed by atoms with Gasteiger partial charge in [0.2, 0.25) is 0 Å². The highest BCUT2D eigenvalue weighted by Gasteiger charge is 2.21. The van der Waals surface area contributed by atoms with Crippen LogP contribution < -0.4 is 11.2 Å². The molecule has 3 N–H and O–H groups in total. The van der Waals surface area contributed by atoms with E-state index in [2.05, 4.69) is 10.3 Å². The first-order valence-corrected chi connectivity index (χ1v) is 6.21. The van der Waals surface area contributed by atoms with Crippen molar-refractivity contribution in [2.24, 2.45) is 5.90 Å². The van der Waals surface area contributed by atoms with Crippen LogP contribution in [0, 0.1) is 10.1 Å². The van der Waals surface area contributed by atoms with Gasteiger partial charge in [-0.25, -0.2) is 15.3 Å². The van der Waals surface area contributed by atoms with Crippen LogP contribution in [0.25, 0.3) is 0 Å². The van der Waals surface area contributed by atoms with E-state index in [-0.39, 0.29) is 19.0 Å². The van der Waals surface area contributed by atoms with E-state index in [1.807, 2.05) is 0 Å². The van der Waals surface area contributed by atoms with Crippen LogP contribution in [0.15, 0.2) is 12.4 Å². The van der Waals surface area contributed by atoms with Crippen LogP contribution in [-0.4, -0.2) is 38.8 Å². The Morgan fingerprint density at radius 2 is 2.29 bits per heavy atom. The third-order valence-corrected chi connectivity index (χ3v) is 2.32. The molecule has 0 spiro atoms. The van der Waals surface area contributed by atoms with Crippen molar-refractivity contribution in [3.63, 3.8) is 0 Å². The smallest absolute Gasteiger partial charge is 0.434 e. The SMILES string of the molecule is CC(C)(C)OC(=O)NCC(Cn1ccnc1[N+](=O)[O-])ON. The van der Waals surface area contributed by atoms with Crippen molar-refractivity contribution in [1.29, 1.82) is 0 Å². The van der Waals surface area contributed by atoms with Crippen LogP contribution in [0.2, 0.25) is 0 Å². The van der Waals surface area contributed by atoms with Gasteiger partial charge in [0.15, 0.2) is 0 Å². The molecule has 1 atom stereocenters. The predicted octanol–water partition coefficient (Wildman–Crippen LogP) is 0.575. The Bertz CT molecular complexity index is 495. The second-order valence-electron chi connectivity index (χ2n) is 5.28. The molecule has 10 nitrogen and oxygen atoms in total. The number of carbonyl (C=O) groups excluding carboxylic acids is 1. The summed E-state index contributed by atoms with van der Waals surface area (Å²) in [5, 5.41) is 13.2. The monoisotopic (exact) mass is 301 g/mol. The van der Waals surface area contributed by atoms with E-state index in [4.69, 9.17) is 15.5 Å². The van der Waals surface area contributed by atoms with Gasteiger partial charge in [0.1, 0.15) is 30.6 Å². The van der Waals surface area contributed by atoms with E-state index in [1.165, 1.54) is 17.0 Å². The number of nitrogens with one attached hydrogen (secondary N) is 1. The average Bonchev–Trinajstić information content (AvgIpc) is 2.80. The Labute approximate surface area is 121 Å². The largest absolute Gasteiger partial charge is 0.444 e. The number of hydrogen-bond donors (Lipinski definition) is 2. The molecule has 0 aromatic carbocycles. The molecule has 1 aromatic rings. The number of ether oxygens (including phenoxy) is 1. The molecule has 1 aromatic heterocycles. The first-order chi connectivity index (χ1) is 9.73. The highest BCUT2D eigenvalue weighted by molar-refractivity contribution is 5.67. The molecule has 118 valence electrons. The lowest BCUT2D eigenvalue weighted by Crippen LogP contribution is -2.40. The lowest BCUT2D eigenvalue weighted by atomic mass is 10.2. The summed E-state index contributed by atoms with van der Waals surface area (Å²) in [5.41, 5.74) is -0.619. The summed E-state index contributed by atoms with van der Waals surface area (Å²) in [4.78, 5) is 29.9. The molecule has 0 aliphatic rings. The number of nitrogens with zero attached hydrogens (tertiary/aromatic N) is 3. The third-order valence-electron chi connectivity index (χ3n) is 2.32. The van der Waals surface area contributed by atoms with Crippen LogP contribution >= 0.6 is 0 Å². The number of nitrogens with two attached hydrogens (primary N) is 1. The Morgan fingerprint density at radius 1 is 1.62 bits per heavy atom. The molecule has 1 heterocycles. The summed E-state index contributed by atoms with van der Waals surface area (Å²) in [6.45, 7) is 5.32. The Hall–Kier alpha value is -2.20. The van der Waals surface area contributed by atoms with Gasteiger partial charge < -0.3 is 20.2 Å². The van der Waals surface area contributed by atoms with Crippen molar-refractivity contribution in [2.45, 2.75) is 39.0 Å². The van der Waals surface area contributed by atoms with Crippen molar-refractivity contribution in [3.05, 3.63) is 22.5 Å². The zero-order valence-corrected chi connectivity index (χ0v) is 12.1. The molecule has 0 aliphatic carbocycles. The van der Waals surface area contributed by atoms with E-state index in [9.17, 15) is 14.9 Å². The van der Waals surface area contributed by atoms with Gasteiger partial charge in [-0.15, -0.1) is 0 Å². The zero-order chi connectivity index (χ0) is 16.0. The number of amides is 1. The number of imidazole rings is 1. The van der Waals surface area contributed by atoms with Crippen LogP contribution in [0.1, 0.15) is 20.8 Å². The van der Waals surface area contributed by atoms with Crippen molar-refractivity contribution < 1.29 is 19.3 Å². The summed E-state index contributed by atoms with van der Waals surface area (Å²) in [6, 6.07) is 0. The van der Waals surface area contributed by atoms with Crippen LogP contribution in [0.5, 0.6) is 0 Å². The average molecular weight is 301 g/mol. The molecule has 0 aliphatic heterocycles. The number of alkyl carbamates (subject to hydrolysis) is 1. The van der Waals surface area contributed by atoms with E-state index in [1.54, 1.807) is 20.8 Å². The molecular formula is C11H19N5O5. The minimum absolute atomic E-state index is 0.0424. The molecule has 0 radical (unpaired) electrons. The van der Waals surface area contributed by atoms with E-state index in [0.29, 0.717) is 0 Å². The zero-order valence-electron chi connectivity index (χ0n) is 12.1. The molecule has 1 unspecified atom stereocenters. The fourth-order valence-electron chi connectivity index (χ4n) is 1.50. The molecule has 1 rings (SSSR count). The van der Waals surface area contributed by atoms with Gasteiger partial charge in [0.05, 0.1) is 6.54 Å². The van der Waals surface area contributed by atoms with Gasteiger partial charge in [-0.1, -0.05) is 4.98 Å². The lowest BCUT2D eigenvalue weighted by Gasteiger charge is -2.21. The molecule has 21 heavy (non-hydrogen) atoms. The summed E-state index contributed by atoms with van der Waals surface area (Å²) in [7, 11) is 0. The Balaban J connectivity index is 2.54. The number of hydrogen-bond acceptors (Lipinski definition) is 7. The highest BCUT2D eigenvalue weighted by Crippen LogP contribution is 2.09. The second kappa shape index (κ2) is 6.99. The lowest BCUT2D eigenvalue weighted by molar-refractivity contribution is -0.397. The maximum absolute atomic E-state index is 11.5. The normalized spacial score (nSPS) is 12.8. The fraction of sp³-hybridized carbons (Fsp3) is 0.636. The fourth-order valence-corrected chi connectivity index (χ4v) is 1.50. The summed E-state index contributed by atoms with van der Waals surface area (Å²) >= 11 is 0.